The molecule has 0 bridgehead atoms. The van der Waals surface area contributed by atoms with E-state index < -0.39 is 10.0 Å². The number of sulfonamides is 1. The van der Waals surface area contributed by atoms with Crippen molar-refractivity contribution in [1.82, 2.24) is 4.72 Å². The summed E-state index contributed by atoms with van der Waals surface area (Å²) in [7, 11) is -3.55. The average Bonchev–Trinajstić information content (AvgIpc) is 2.88. The van der Waals surface area contributed by atoms with Crippen LogP contribution in [0.3, 0.4) is 0 Å². The first kappa shape index (κ1) is 13.7. The quantitative estimate of drug-likeness (QED) is 0.946. The van der Waals surface area contributed by atoms with Gasteiger partial charge in [-0.25, -0.2) is 13.1 Å². The number of nitrogens with one attached hydrogen (secondary N) is 1. The van der Waals surface area contributed by atoms with Gasteiger partial charge in [0, 0.05) is 17.0 Å². The van der Waals surface area contributed by atoms with E-state index >= 15 is 0 Å². The predicted molar refractivity (Wildman–Crippen MR) is 76.2 cm³/mol. The van der Waals surface area contributed by atoms with Crippen molar-refractivity contribution < 1.29 is 12.8 Å². The predicted octanol–water partition coefficient (Wildman–Crippen LogP) is 3.29. The summed E-state index contributed by atoms with van der Waals surface area (Å²) in [5, 5.41) is 0.513. The molecule has 1 heterocycles. The maximum atomic E-state index is 12.4. The minimum Gasteiger partial charge on any atom is -0.469 e. The van der Waals surface area contributed by atoms with Gasteiger partial charge in [-0.2, -0.15) is 0 Å². The second kappa shape index (κ2) is 5.24. The number of hydrogen-bond acceptors (Lipinski definition) is 3. The summed E-state index contributed by atoms with van der Waals surface area (Å²) in [6.45, 7) is 0. The van der Waals surface area contributed by atoms with Crippen LogP contribution in [0.1, 0.15) is 30.2 Å². The Kier molecular flexibility index (Phi) is 3.58. The molecule has 1 aliphatic carbocycles. The summed E-state index contributed by atoms with van der Waals surface area (Å²) in [6, 6.07) is 7.76. The van der Waals surface area contributed by atoms with Gasteiger partial charge in [0.2, 0.25) is 10.0 Å². The number of hydrogen-bond donors (Lipinski definition) is 1. The van der Waals surface area contributed by atoms with Gasteiger partial charge in [-0.3, -0.25) is 0 Å². The Morgan fingerprint density at radius 2 is 1.95 bits per heavy atom. The molecule has 1 N–H and O–H groups in total. The van der Waals surface area contributed by atoms with E-state index in [0.717, 1.165) is 30.6 Å². The molecule has 3 rings (SSSR count). The lowest BCUT2D eigenvalue weighted by molar-refractivity contribution is 0.438. The molecule has 0 fully saturated rings. The number of aryl methyl sites for hydroxylation is 1. The fourth-order valence-electron chi connectivity index (χ4n) is 2.48. The molecule has 4 nitrogen and oxygen atoms in total. The molecule has 0 amide bonds. The lowest BCUT2D eigenvalue weighted by Gasteiger charge is -2.22. The van der Waals surface area contributed by atoms with Gasteiger partial charge >= 0.3 is 0 Å². The van der Waals surface area contributed by atoms with Gasteiger partial charge < -0.3 is 4.42 Å². The van der Waals surface area contributed by atoms with Crippen LogP contribution in [-0.2, 0) is 16.4 Å². The second-order valence-corrected chi connectivity index (χ2v) is 6.97. The van der Waals surface area contributed by atoms with Crippen molar-refractivity contribution in [2.45, 2.75) is 30.2 Å². The standard InChI is InChI=1S/C14H14ClNO3S/c15-10-4-6-11(7-5-10)20(17,18)16-13-2-1-3-14-12(13)8-9-19-14/h4-9,13,16H,1-3H2/t13-/m0/s1. The Morgan fingerprint density at radius 3 is 2.70 bits per heavy atom. The summed E-state index contributed by atoms with van der Waals surface area (Å²) in [5.41, 5.74) is 0.939. The van der Waals surface area contributed by atoms with Crippen molar-refractivity contribution in [1.29, 1.82) is 0 Å². The highest BCUT2D eigenvalue weighted by Crippen LogP contribution is 2.31. The average molecular weight is 312 g/mol. The summed E-state index contributed by atoms with van der Waals surface area (Å²) < 4.78 is 32.8. The molecule has 0 saturated heterocycles. The van der Waals surface area contributed by atoms with Crippen molar-refractivity contribution in [2.75, 3.05) is 0 Å². The van der Waals surface area contributed by atoms with Crippen LogP contribution in [0.4, 0.5) is 0 Å². The zero-order valence-corrected chi connectivity index (χ0v) is 12.2. The minimum absolute atomic E-state index is 0.220. The number of rotatable bonds is 3. The van der Waals surface area contributed by atoms with Gasteiger partial charge in [-0.05, 0) is 43.2 Å². The van der Waals surface area contributed by atoms with Crippen LogP contribution < -0.4 is 4.72 Å². The Labute approximate surface area is 122 Å². The van der Waals surface area contributed by atoms with E-state index in [9.17, 15) is 8.42 Å². The summed E-state index contributed by atoms with van der Waals surface area (Å²) >= 11 is 5.78. The Morgan fingerprint density at radius 1 is 1.20 bits per heavy atom. The molecule has 0 aliphatic heterocycles. The van der Waals surface area contributed by atoms with Crippen LogP contribution in [0.15, 0.2) is 45.9 Å². The molecule has 0 radical (unpaired) electrons. The first-order valence-corrected chi connectivity index (χ1v) is 8.26. The number of furan rings is 1. The monoisotopic (exact) mass is 311 g/mol. The van der Waals surface area contributed by atoms with Gasteiger partial charge in [-0.1, -0.05) is 11.6 Å². The normalized spacial score (nSPS) is 18.8. The Balaban J connectivity index is 1.86. The highest BCUT2D eigenvalue weighted by molar-refractivity contribution is 7.89. The van der Waals surface area contributed by atoms with Gasteiger partial charge in [0.25, 0.3) is 0 Å². The fourth-order valence-corrected chi connectivity index (χ4v) is 3.85. The third-order valence-electron chi connectivity index (χ3n) is 3.47. The lowest BCUT2D eigenvalue weighted by Crippen LogP contribution is -2.30. The van der Waals surface area contributed by atoms with Crippen LogP contribution >= 0.6 is 11.6 Å². The van der Waals surface area contributed by atoms with E-state index in [1.165, 1.54) is 12.1 Å². The molecule has 0 unspecified atom stereocenters. The highest BCUT2D eigenvalue weighted by Gasteiger charge is 2.27. The number of fused-ring (bicyclic) bond motifs is 1. The summed E-state index contributed by atoms with van der Waals surface area (Å²) in [6.07, 6.45) is 4.16. The van der Waals surface area contributed by atoms with Gasteiger partial charge in [0.05, 0.1) is 17.2 Å². The smallest absolute Gasteiger partial charge is 0.241 e. The molecular formula is C14H14ClNO3S. The molecule has 1 atom stereocenters. The van der Waals surface area contributed by atoms with Gasteiger partial charge in [-0.15, -0.1) is 0 Å². The number of halogens is 1. The third kappa shape index (κ3) is 2.61. The Hall–Kier alpha value is -1.30. The third-order valence-corrected chi connectivity index (χ3v) is 5.21. The molecule has 1 aliphatic rings. The minimum atomic E-state index is -3.55. The molecular weight excluding hydrogens is 298 g/mol. The van der Waals surface area contributed by atoms with Crippen molar-refractivity contribution in [2.24, 2.45) is 0 Å². The SMILES string of the molecule is O=S(=O)(N[C@H]1CCCc2occc21)c1ccc(Cl)cc1. The maximum Gasteiger partial charge on any atom is 0.241 e. The van der Waals surface area contributed by atoms with Gasteiger partial charge in [0.1, 0.15) is 5.76 Å². The van der Waals surface area contributed by atoms with Crippen LogP contribution in [0.5, 0.6) is 0 Å². The molecule has 2 aromatic rings. The van der Waals surface area contributed by atoms with E-state index in [-0.39, 0.29) is 10.9 Å². The molecule has 0 saturated carbocycles. The zero-order chi connectivity index (χ0) is 14.2. The van der Waals surface area contributed by atoms with Gasteiger partial charge in [0.15, 0.2) is 0 Å². The zero-order valence-electron chi connectivity index (χ0n) is 10.7. The molecule has 20 heavy (non-hydrogen) atoms. The summed E-state index contributed by atoms with van der Waals surface area (Å²) in [5.74, 6) is 0.875. The van der Waals surface area contributed by atoms with Crippen LogP contribution in [0, 0.1) is 0 Å². The van der Waals surface area contributed by atoms with E-state index in [1.807, 2.05) is 6.07 Å². The highest BCUT2D eigenvalue weighted by atomic mass is 35.5. The van der Waals surface area contributed by atoms with Crippen molar-refractivity contribution in [3.05, 3.63) is 52.9 Å². The fraction of sp³-hybridized carbons (Fsp3) is 0.286. The van der Waals surface area contributed by atoms with E-state index in [4.69, 9.17) is 16.0 Å². The molecule has 0 spiro atoms. The maximum absolute atomic E-state index is 12.4. The van der Waals surface area contributed by atoms with Crippen molar-refractivity contribution >= 4 is 21.6 Å². The van der Waals surface area contributed by atoms with E-state index in [2.05, 4.69) is 4.72 Å². The molecule has 106 valence electrons. The van der Waals surface area contributed by atoms with Crippen LogP contribution in [-0.4, -0.2) is 8.42 Å². The van der Waals surface area contributed by atoms with Crippen LogP contribution in [0.2, 0.25) is 5.02 Å². The van der Waals surface area contributed by atoms with E-state index in [1.54, 1.807) is 18.4 Å². The van der Waals surface area contributed by atoms with Crippen molar-refractivity contribution in [3.63, 3.8) is 0 Å². The Bertz CT molecular complexity index is 706. The summed E-state index contributed by atoms with van der Waals surface area (Å²) in [4.78, 5) is 0.220. The first-order chi connectivity index (χ1) is 9.56. The van der Waals surface area contributed by atoms with Crippen molar-refractivity contribution in [3.8, 4) is 0 Å². The van der Waals surface area contributed by atoms with Crippen LogP contribution in [0.25, 0.3) is 0 Å². The largest absolute Gasteiger partial charge is 0.469 e. The first-order valence-electron chi connectivity index (χ1n) is 6.40. The van der Waals surface area contributed by atoms with E-state index in [0.29, 0.717) is 5.02 Å². The molecule has 6 heteroatoms. The second-order valence-electron chi connectivity index (χ2n) is 4.82. The topological polar surface area (TPSA) is 59.3 Å². The molecule has 1 aromatic carbocycles. The molecule has 1 aromatic heterocycles. The lowest BCUT2D eigenvalue weighted by atomic mass is 9.94. The number of benzene rings is 1.